The van der Waals surface area contributed by atoms with E-state index in [0.29, 0.717) is 0 Å². The van der Waals surface area contributed by atoms with Gasteiger partial charge in [0.2, 0.25) is 11.8 Å². The number of thiol groups is 1. The molecule has 0 spiro atoms. The predicted molar refractivity (Wildman–Crippen MR) is 102 cm³/mol. The molecule has 22 heavy (non-hydrogen) atoms. The second-order valence-electron chi connectivity index (χ2n) is 5.75. The average molecular weight is 445 g/mol. The lowest BCUT2D eigenvalue weighted by Gasteiger charge is -2.24. The molecule has 0 aromatic heterocycles. The molecule has 0 aliphatic carbocycles. The van der Waals surface area contributed by atoms with Gasteiger partial charge in [-0.25, -0.2) is 0 Å². The number of amides is 2. The van der Waals surface area contributed by atoms with Crippen molar-refractivity contribution in [3.05, 3.63) is 0 Å². The van der Waals surface area contributed by atoms with Crippen LogP contribution in [0.15, 0.2) is 0 Å². The van der Waals surface area contributed by atoms with Gasteiger partial charge < -0.3 is 10.6 Å². The molecule has 0 saturated heterocycles. The number of carbonyl (C=O) groups excluding carboxylic acids is 3. The molecule has 0 aliphatic heterocycles. The lowest BCUT2D eigenvalue weighted by atomic mass is 10.0. The first-order valence-corrected chi connectivity index (χ1v) is 10.7. The minimum absolute atomic E-state index is 0.0394. The lowest BCUT2D eigenvalue weighted by Crippen LogP contribution is -2.54. The molecule has 0 rings (SSSR count). The molecule has 6 nitrogen and oxygen atoms in total. The van der Waals surface area contributed by atoms with Crippen molar-refractivity contribution in [1.29, 1.82) is 0 Å². The first-order chi connectivity index (χ1) is 10.1. The maximum absolute atomic E-state index is 12.3. The summed E-state index contributed by atoms with van der Waals surface area (Å²) in [6.45, 7) is 7.49. The standard InChI is InChI=1S/C14H28IN3O3S/c1-8(2)12(18-11(19)7-16-10(4)15)13(20)17-9(3)14(21)22(5)6/h8-10,12,16,22H,7H2,1-6H3,(H,17,20)(H,18,19)/t9-,10+,12-/m0/s1. The molecule has 3 N–H and O–H groups in total. The van der Waals surface area contributed by atoms with Gasteiger partial charge in [-0.1, -0.05) is 36.4 Å². The van der Waals surface area contributed by atoms with Crippen molar-refractivity contribution >= 4 is 50.4 Å². The number of halogens is 1. The van der Waals surface area contributed by atoms with Crippen LogP contribution in [-0.2, 0) is 14.4 Å². The Kier molecular flexibility index (Phi) is 10.3. The molecule has 0 bridgehead atoms. The van der Waals surface area contributed by atoms with Crippen molar-refractivity contribution in [3.8, 4) is 0 Å². The zero-order chi connectivity index (χ0) is 17.4. The SMILES string of the molecule is CC(C)[C@H](NC(=O)CN[C@H](C)I)C(=O)N[C@@H](C)C(=O)[SH](C)C. The minimum Gasteiger partial charge on any atom is -0.344 e. The van der Waals surface area contributed by atoms with Gasteiger partial charge in [-0.3, -0.25) is 19.7 Å². The zero-order valence-corrected chi connectivity index (χ0v) is 17.1. The van der Waals surface area contributed by atoms with Gasteiger partial charge >= 0.3 is 0 Å². The molecule has 2 amide bonds. The van der Waals surface area contributed by atoms with Crippen LogP contribution in [0, 0.1) is 5.92 Å². The van der Waals surface area contributed by atoms with Gasteiger partial charge in [-0.05, 0) is 32.3 Å². The Morgan fingerprint density at radius 3 is 2.00 bits per heavy atom. The molecule has 0 unspecified atom stereocenters. The largest absolute Gasteiger partial charge is 0.344 e. The summed E-state index contributed by atoms with van der Waals surface area (Å²) in [5.74, 6) is -0.610. The molecular weight excluding hydrogens is 417 g/mol. The zero-order valence-electron chi connectivity index (χ0n) is 14.1. The van der Waals surface area contributed by atoms with Crippen LogP contribution in [0.4, 0.5) is 0 Å². The van der Waals surface area contributed by atoms with Crippen molar-refractivity contribution in [1.82, 2.24) is 16.0 Å². The Morgan fingerprint density at radius 2 is 1.59 bits per heavy atom. The number of hydrogen-bond donors (Lipinski definition) is 4. The van der Waals surface area contributed by atoms with Crippen LogP contribution in [0.25, 0.3) is 0 Å². The van der Waals surface area contributed by atoms with Crippen molar-refractivity contribution < 1.29 is 14.4 Å². The van der Waals surface area contributed by atoms with Gasteiger partial charge in [0, 0.05) is 0 Å². The van der Waals surface area contributed by atoms with E-state index in [2.05, 4.69) is 38.5 Å². The first-order valence-electron chi connectivity index (χ1n) is 7.24. The van der Waals surface area contributed by atoms with Gasteiger partial charge in [0.1, 0.15) is 6.04 Å². The summed E-state index contributed by atoms with van der Waals surface area (Å²) < 4.78 is 0.167. The summed E-state index contributed by atoms with van der Waals surface area (Å²) in [4.78, 5) is 36.1. The number of hydrogen-bond acceptors (Lipinski definition) is 4. The molecule has 0 fully saturated rings. The van der Waals surface area contributed by atoms with Crippen molar-refractivity contribution in [2.24, 2.45) is 5.92 Å². The minimum atomic E-state index is -0.748. The summed E-state index contributed by atoms with van der Waals surface area (Å²) in [7, 11) is -0.748. The van der Waals surface area contributed by atoms with E-state index in [-0.39, 0.29) is 33.4 Å². The van der Waals surface area contributed by atoms with Crippen LogP contribution in [0.1, 0.15) is 27.7 Å². The molecule has 0 heterocycles. The van der Waals surface area contributed by atoms with Crippen LogP contribution in [0.5, 0.6) is 0 Å². The third-order valence-corrected chi connectivity index (χ3v) is 4.69. The number of carbonyl (C=O) groups is 3. The predicted octanol–water partition coefficient (Wildman–Crippen LogP) is 0.790. The number of rotatable bonds is 8. The van der Waals surface area contributed by atoms with Gasteiger partial charge in [-0.15, -0.1) is 0 Å². The van der Waals surface area contributed by atoms with Crippen LogP contribution in [0.2, 0.25) is 0 Å². The molecule has 0 aromatic carbocycles. The van der Waals surface area contributed by atoms with E-state index in [4.69, 9.17) is 0 Å². The Balaban J connectivity index is 4.64. The fourth-order valence-electron chi connectivity index (χ4n) is 1.74. The summed E-state index contributed by atoms with van der Waals surface area (Å²) >= 11 is 2.16. The first kappa shape index (κ1) is 21.6. The van der Waals surface area contributed by atoms with E-state index >= 15 is 0 Å². The lowest BCUT2D eigenvalue weighted by molar-refractivity contribution is -0.131. The van der Waals surface area contributed by atoms with Crippen molar-refractivity contribution in [2.45, 2.75) is 43.8 Å². The number of nitrogens with one attached hydrogen (secondary N) is 3. The normalized spacial score (nSPS) is 15.7. The van der Waals surface area contributed by atoms with Crippen molar-refractivity contribution in [2.75, 3.05) is 19.1 Å². The quantitative estimate of drug-likeness (QED) is 0.193. The van der Waals surface area contributed by atoms with Gasteiger partial charge in [0.15, 0.2) is 5.12 Å². The summed E-state index contributed by atoms with van der Waals surface area (Å²) in [6.07, 6.45) is 3.72. The Bertz CT molecular complexity index is 403. The molecular formula is C14H28IN3O3S. The van der Waals surface area contributed by atoms with Gasteiger partial charge in [-0.2, -0.15) is 10.9 Å². The van der Waals surface area contributed by atoms with E-state index in [1.807, 2.05) is 33.3 Å². The van der Waals surface area contributed by atoms with Crippen molar-refractivity contribution in [3.63, 3.8) is 0 Å². The maximum Gasteiger partial charge on any atom is 0.243 e. The molecule has 0 aliphatic rings. The van der Waals surface area contributed by atoms with E-state index < -0.39 is 23.0 Å². The highest BCUT2D eigenvalue weighted by Crippen LogP contribution is 2.17. The molecule has 0 aromatic rings. The second kappa shape index (κ2) is 10.4. The van der Waals surface area contributed by atoms with E-state index in [1.54, 1.807) is 6.92 Å². The maximum atomic E-state index is 12.3. The van der Waals surface area contributed by atoms with Crippen LogP contribution in [-0.4, -0.2) is 52.1 Å². The highest BCUT2D eigenvalue weighted by atomic mass is 127. The third kappa shape index (κ3) is 8.33. The fraction of sp³-hybridized carbons (Fsp3) is 0.786. The Morgan fingerprint density at radius 1 is 1.05 bits per heavy atom. The molecule has 3 atom stereocenters. The second-order valence-corrected chi connectivity index (χ2v) is 9.85. The third-order valence-electron chi connectivity index (χ3n) is 2.98. The van der Waals surface area contributed by atoms with E-state index in [9.17, 15) is 14.4 Å². The molecule has 130 valence electrons. The smallest absolute Gasteiger partial charge is 0.243 e. The Labute approximate surface area is 149 Å². The van der Waals surface area contributed by atoms with E-state index in [0.717, 1.165) is 0 Å². The molecule has 8 heteroatoms. The highest BCUT2D eigenvalue weighted by Gasteiger charge is 2.27. The average Bonchev–Trinajstić information content (AvgIpc) is 2.40. The fourth-order valence-corrected chi connectivity index (χ4v) is 2.80. The van der Waals surface area contributed by atoms with E-state index in [1.165, 1.54) is 0 Å². The number of alkyl halides is 1. The molecule has 0 radical (unpaired) electrons. The monoisotopic (exact) mass is 445 g/mol. The molecule has 0 saturated carbocycles. The highest BCUT2D eigenvalue weighted by molar-refractivity contribution is 14.1. The summed E-state index contributed by atoms with van der Waals surface area (Å²) in [5.41, 5.74) is 0. The van der Waals surface area contributed by atoms with Gasteiger partial charge in [0.25, 0.3) is 0 Å². The van der Waals surface area contributed by atoms with Crippen LogP contribution < -0.4 is 16.0 Å². The van der Waals surface area contributed by atoms with Gasteiger partial charge in [0.05, 0.1) is 16.6 Å². The topological polar surface area (TPSA) is 87.3 Å². The van der Waals surface area contributed by atoms with Crippen LogP contribution >= 0.6 is 33.5 Å². The van der Waals surface area contributed by atoms with Crippen LogP contribution in [0.3, 0.4) is 0 Å². The summed E-state index contributed by atoms with van der Waals surface area (Å²) in [5, 5.41) is 8.46. The summed E-state index contributed by atoms with van der Waals surface area (Å²) in [6, 6.07) is -1.17. The Hall–Kier alpha value is -0.350.